The standard InChI is InChI=1S/C31H42N2O3S/c1-3-36-12-7-11-32(30(35)31-17-25-14-26(18-31)16-27(15-25)19-31)22-29(34)33(20-24-8-5-4-6-9-24)21-28-23(2)10-13-37-28/h4-6,8-10,13,25-27H,3,7,11-12,14-22H2,1-2H3. The van der Waals surface area contributed by atoms with Crippen LogP contribution in [0.25, 0.3) is 0 Å². The van der Waals surface area contributed by atoms with Crippen molar-refractivity contribution in [3.05, 3.63) is 57.8 Å². The molecule has 0 N–H and O–H groups in total. The first kappa shape index (κ1) is 26.4. The average Bonchev–Trinajstić information content (AvgIpc) is 3.29. The molecule has 4 aliphatic carbocycles. The van der Waals surface area contributed by atoms with Crippen LogP contribution in [0.15, 0.2) is 41.8 Å². The Morgan fingerprint density at radius 3 is 2.24 bits per heavy atom. The molecule has 6 heteroatoms. The van der Waals surface area contributed by atoms with Gasteiger partial charge in [0.25, 0.3) is 0 Å². The summed E-state index contributed by atoms with van der Waals surface area (Å²) in [6.07, 6.45) is 7.76. The molecule has 5 nitrogen and oxygen atoms in total. The monoisotopic (exact) mass is 522 g/mol. The maximum Gasteiger partial charge on any atom is 0.242 e. The highest BCUT2D eigenvalue weighted by Crippen LogP contribution is 2.60. The zero-order chi connectivity index (χ0) is 25.8. The first-order valence-electron chi connectivity index (χ1n) is 14.2. The van der Waals surface area contributed by atoms with E-state index >= 15 is 0 Å². The summed E-state index contributed by atoms with van der Waals surface area (Å²) in [5.74, 6) is 2.38. The van der Waals surface area contributed by atoms with Crippen molar-refractivity contribution in [3.63, 3.8) is 0 Å². The van der Waals surface area contributed by atoms with Gasteiger partial charge in [0.05, 0.1) is 18.5 Å². The number of hydrogen-bond acceptors (Lipinski definition) is 4. The predicted molar refractivity (Wildman–Crippen MR) is 148 cm³/mol. The Morgan fingerprint density at radius 1 is 0.973 bits per heavy atom. The highest BCUT2D eigenvalue weighted by Gasteiger charge is 2.55. The topological polar surface area (TPSA) is 49.9 Å². The molecule has 37 heavy (non-hydrogen) atoms. The van der Waals surface area contributed by atoms with Crippen LogP contribution in [0.3, 0.4) is 0 Å². The van der Waals surface area contributed by atoms with Gasteiger partial charge < -0.3 is 14.5 Å². The molecule has 200 valence electrons. The SMILES string of the molecule is CCOCCCN(CC(=O)N(Cc1ccccc1)Cc1sccc1C)C(=O)C12CC3CC(CC(C3)C1)C2. The van der Waals surface area contributed by atoms with Crippen LogP contribution in [0.2, 0.25) is 0 Å². The van der Waals surface area contributed by atoms with Gasteiger partial charge in [-0.05, 0) is 99.1 Å². The summed E-state index contributed by atoms with van der Waals surface area (Å²) in [5.41, 5.74) is 2.09. The molecule has 0 unspecified atom stereocenters. The minimum Gasteiger partial charge on any atom is -0.382 e. The number of carbonyl (C=O) groups excluding carboxylic acids is 2. The Kier molecular flexibility index (Phi) is 8.35. The second kappa shape index (κ2) is 11.7. The third-order valence-corrected chi connectivity index (χ3v) is 9.91. The van der Waals surface area contributed by atoms with Gasteiger partial charge in [0.1, 0.15) is 0 Å². The van der Waals surface area contributed by atoms with Gasteiger partial charge in [-0.3, -0.25) is 9.59 Å². The van der Waals surface area contributed by atoms with Crippen LogP contribution < -0.4 is 0 Å². The Balaban J connectivity index is 1.34. The first-order valence-corrected chi connectivity index (χ1v) is 15.1. The lowest BCUT2D eigenvalue weighted by Crippen LogP contribution is -2.56. The van der Waals surface area contributed by atoms with Gasteiger partial charge in [-0.15, -0.1) is 11.3 Å². The van der Waals surface area contributed by atoms with Crippen LogP contribution in [-0.4, -0.2) is 47.9 Å². The number of rotatable bonds is 12. The van der Waals surface area contributed by atoms with Gasteiger partial charge in [0, 0.05) is 31.2 Å². The van der Waals surface area contributed by atoms with Gasteiger partial charge in [0.2, 0.25) is 11.8 Å². The first-order chi connectivity index (χ1) is 18.0. The smallest absolute Gasteiger partial charge is 0.242 e. The molecular formula is C31H42N2O3S. The van der Waals surface area contributed by atoms with Crippen molar-refractivity contribution in [1.29, 1.82) is 0 Å². The summed E-state index contributed by atoms with van der Waals surface area (Å²) in [5, 5.41) is 2.09. The third kappa shape index (κ3) is 6.12. The molecule has 6 rings (SSSR count). The van der Waals surface area contributed by atoms with E-state index in [0.717, 1.165) is 31.2 Å². The van der Waals surface area contributed by atoms with Crippen LogP contribution in [0, 0.1) is 30.1 Å². The molecule has 1 heterocycles. The number of aryl methyl sites for hydroxylation is 1. The van der Waals surface area contributed by atoms with Crippen LogP contribution >= 0.6 is 11.3 Å². The number of amides is 2. The third-order valence-electron chi connectivity index (χ3n) is 8.90. The summed E-state index contributed by atoms with van der Waals surface area (Å²) < 4.78 is 5.60. The summed E-state index contributed by atoms with van der Waals surface area (Å²) in [4.78, 5) is 33.2. The van der Waals surface area contributed by atoms with E-state index in [1.807, 2.05) is 34.9 Å². The molecule has 4 saturated carbocycles. The zero-order valence-corrected chi connectivity index (χ0v) is 23.3. The maximum atomic E-state index is 14.3. The van der Waals surface area contributed by atoms with Gasteiger partial charge in [0.15, 0.2) is 0 Å². The van der Waals surface area contributed by atoms with Crippen molar-refractivity contribution < 1.29 is 14.3 Å². The summed E-state index contributed by atoms with van der Waals surface area (Å²) in [6, 6.07) is 12.3. The van der Waals surface area contributed by atoms with Gasteiger partial charge in [-0.2, -0.15) is 0 Å². The van der Waals surface area contributed by atoms with E-state index in [1.165, 1.54) is 29.7 Å². The average molecular weight is 523 g/mol. The van der Waals surface area contributed by atoms with E-state index in [4.69, 9.17) is 4.74 Å². The minimum absolute atomic E-state index is 0.0335. The van der Waals surface area contributed by atoms with E-state index < -0.39 is 0 Å². The zero-order valence-electron chi connectivity index (χ0n) is 22.5. The van der Waals surface area contributed by atoms with Crippen molar-refractivity contribution >= 4 is 23.2 Å². The Morgan fingerprint density at radius 2 is 1.65 bits per heavy atom. The molecule has 4 bridgehead atoms. The second-order valence-electron chi connectivity index (χ2n) is 11.7. The van der Waals surface area contributed by atoms with Crippen molar-refractivity contribution in [2.45, 2.75) is 71.9 Å². The Hall–Kier alpha value is -2.18. The summed E-state index contributed by atoms with van der Waals surface area (Å²) in [6.45, 7) is 7.27. The normalized spacial score (nSPS) is 25.8. The van der Waals surface area contributed by atoms with Crippen LogP contribution in [0.4, 0.5) is 0 Å². The molecule has 1 aromatic heterocycles. The molecule has 0 atom stereocenters. The van der Waals surface area contributed by atoms with E-state index in [0.29, 0.717) is 50.6 Å². The lowest BCUT2D eigenvalue weighted by atomic mass is 9.49. The van der Waals surface area contributed by atoms with Crippen molar-refractivity contribution in [2.75, 3.05) is 26.3 Å². The van der Waals surface area contributed by atoms with Crippen LogP contribution in [0.1, 0.15) is 67.9 Å². The Labute approximate surface area is 226 Å². The number of benzene rings is 1. The molecule has 4 fully saturated rings. The lowest BCUT2D eigenvalue weighted by molar-refractivity contribution is -0.160. The summed E-state index contributed by atoms with van der Waals surface area (Å²) in [7, 11) is 0. The highest BCUT2D eigenvalue weighted by atomic mass is 32.1. The molecule has 0 aliphatic heterocycles. The van der Waals surface area contributed by atoms with Gasteiger partial charge >= 0.3 is 0 Å². The number of hydrogen-bond donors (Lipinski definition) is 0. The molecule has 0 radical (unpaired) electrons. The van der Waals surface area contributed by atoms with Crippen molar-refractivity contribution in [3.8, 4) is 0 Å². The van der Waals surface area contributed by atoms with Gasteiger partial charge in [-0.1, -0.05) is 30.3 Å². The Bertz CT molecular complexity index is 1030. The molecule has 1 aromatic carbocycles. The molecule has 2 amide bonds. The number of ether oxygens (including phenoxy) is 1. The highest BCUT2D eigenvalue weighted by molar-refractivity contribution is 7.10. The van der Waals surface area contributed by atoms with Crippen molar-refractivity contribution in [2.24, 2.45) is 23.2 Å². The largest absolute Gasteiger partial charge is 0.382 e. The molecule has 0 spiro atoms. The number of thiophene rings is 1. The van der Waals surface area contributed by atoms with Crippen LogP contribution in [-0.2, 0) is 27.4 Å². The van der Waals surface area contributed by atoms with E-state index in [1.54, 1.807) is 11.3 Å². The fraction of sp³-hybridized carbons (Fsp3) is 0.613. The quantitative estimate of drug-likeness (QED) is 0.319. The lowest BCUT2D eigenvalue weighted by Gasteiger charge is -2.56. The predicted octanol–water partition coefficient (Wildman–Crippen LogP) is 6.06. The fourth-order valence-electron chi connectivity index (χ4n) is 7.50. The molecule has 2 aromatic rings. The van der Waals surface area contributed by atoms with Gasteiger partial charge in [-0.25, -0.2) is 0 Å². The minimum atomic E-state index is -0.241. The second-order valence-corrected chi connectivity index (χ2v) is 12.7. The molecular weight excluding hydrogens is 480 g/mol. The maximum absolute atomic E-state index is 14.3. The van der Waals surface area contributed by atoms with Crippen molar-refractivity contribution in [1.82, 2.24) is 9.80 Å². The molecule has 0 saturated heterocycles. The molecule has 4 aliphatic rings. The number of nitrogens with zero attached hydrogens (tertiary/aromatic N) is 2. The van der Waals surface area contributed by atoms with E-state index in [9.17, 15) is 9.59 Å². The fourth-order valence-corrected chi connectivity index (χ4v) is 8.42. The number of carbonyl (C=O) groups is 2. The van der Waals surface area contributed by atoms with E-state index in [-0.39, 0.29) is 23.8 Å². The van der Waals surface area contributed by atoms with E-state index in [2.05, 4.69) is 30.5 Å². The summed E-state index contributed by atoms with van der Waals surface area (Å²) >= 11 is 1.70. The van der Waals surface area contributed by atoms with Crippen LogP contribution in [0.5, 0.6) is 0 Å².